The molecule has 104 valence electrons. The molecule has 4 heteroatoms. The van der Waals surface area contributed by atoms with Crippen molar-refractivity contribution in [3.8, 4) is 0 Å². The molecular weight excluding hydrogens is 232 g/mol. The number of hydrogen-bond donors (Lipinski definition) is 0. The van der Waals surface area contributed by atoms with Gasteiger partial charge in [0.2, 0.25) is 0 Å². The van der Waals surface area contributed by atoms with E-state index in [1.165, 1.54) is 0 Å². The van der Waals surface area contributed by atoms with E-state index in [1.54, 1.807) is 0 Å². The van der Waals surface area contributed by atoms with Crippen LogP contribution in [0.2, 0.25) is 0 Å². The fourth-order valence-corrected chi connectivity index (χ4v) is 2.44. The molecule has 0 bridgehead atoms. The first-order chi connectivity index (χ1) is 8.50. The van der Waals surface area contributed by atoms with Gasteiger partial charge in [0.25, 0.3) is 0 Å². The van der Waals surface area contributed by atoms with E-state index in [1.807, 2.05) is 19.9 Å². The van der Waals surface area contributed by atoms with Crippen molar-refractivity contribution in [2.75, 3.05) is 13.2 Å². The van der Waals surface area contributed by atoms with Crippen molar-refractivity contribution in [1.82, 2.24) is 0 Å². The average Bonchev–Trinajstić information content (AvgIpc) is 2.75. The lowest BCUT2D eigenvalue weighted by Gasteiger charge is -2.28. The van der Waals surface area contributed by atoms with Crippen molar-refractivity contribution < 1.29 is 18.9 Å². The second kappa shape index (κ2) is 5.29. The standard InChI is InChI=1S/C14H24O4/c1-5-7-8-15-10-14(6-2)9-11-12(18-14)17-13(3,4)16-11/h6,11-12H,2,5,7-10H2,1,3-4H3/t11?,12-,14-/m0/s1. The van der Waals surface area contributed by atoms with E-state index in [-0.39, 0.29) is 12.4 Å². The summed E-state index contributed by atoms with van der Waals surface area (Å²) in [5, 5.41) is 0. The summed E-state index contributed by atoms with van der Waals surface area (Å²) in [5.41, 5.74) is -0.459. The average molecular weight is 256 g/mol. The number of rotatable bonds is 6. The monoisotopic (exact) mass is 256 g/mol. The molecule has 4 nitrogen and oxygen atoms in total. The molecular formula is C14H24O4. The lowest BCUT2D eigenvalue weighted by molar-refractivity contribution is -0.223. The Bertz CT molecular complexity index is 284. The Kier molecular flexibility index (Phi) is 4.11. The predicted octanol–water partition coefficient (Wildman–Crippen LogP) is 2.63. The molecule has 2 saturated heterocycles. The zero-order valence-corrected chi connectivity index (χ0v) is 11.6. The van der Waals surface area contributed by atoms with Crippen LogP contribution < -0.4 is 0 Å². The molecule has 0 spiro atoms. The Hall–Kier alpha value is -0.420. The molecule has 1 unspecified atom stereocenters. The Morgan fingerprint density at radius 3 is 2.72 bits per heavy atom. The number of ether oxygens (including phenoxy) is 4. The van der Waals surface area contributed by atoms with E-state index in [2.05, 4.69) is 13.5 Å². The van der Waals surface area contributed by atoms with E-state index in [4.69, 9.17) is 18.9 Å². The van der Waals surface area contributed by atoms with Crippen molar-refractivity contribution in [1.29, 1.82) is 0 Å². The molecule has 0 aromatic rings. The smallest absolute Gasteiger partial charge is 0.188 e. The van der Waals surface area contributed by atoms with Crippen LogP contribution in [0.15, 0.2) is 12.7 Å². The highest BCUT2D eigenvalue weighted by atomic mass is 16.8. The summed E-state index contributed by atoms with van der Waals surface area (Å²) in [4.78, 5) is 0. The predicted molar refractivity (Wildman–Crippen MR) is 68.2 cm³/mol. The van der Waals surface area contributed by atoms with E-state index >= 15 is 0 Å². The van der Waals surface area contributed by atoms with E-state index in [0.29, 0.717) is 6.61 Å². The minimum atomic E-state index is -0.550. The molecule has 2 aliphatic heterocycles. The highest BCUT2D eigenvalue weighted by molar-refractivity contribution is 5.06. The quantitative estimate of drug-likeness (QED) is 0.541. The minimum Gasteiger partial charge on any atom is -0.378 e. The molecule has 0 saturated carbocycles. The molecule has 2 rings (SSSR count). The highest BCUT2D eigenvalue weighted by Gasteiger charge is 2.53. The molecule has 2 aliphatic rings. The first kappa shape index (κ1) is 14.0. The Morgan fingerprint density at radius 2 is 2.11 bits per heavy atom. The third-order valence-electron chi connectivity index (χ3n) is 3.40. The highest BCUT2D eigenvalue weighted by Crippen LogP contribution is 2.42. The fraction of sp³-hybridized carbons (Fsp3) is 0.857. The third-order valence-corrected chi connectivity index (χ3v) is 3.40. The molecule has 0 amide bonds. The summed E-state index contributed by atoms with van der Waals surface area (Å²) in [6.07, 6.45) is 4.45. The van der Waals surface area contributed by atoms with Crippen molar-refractivity contribution in [2.24, 2.45) is 0 Å². The first-order valence-electron chi connectivity index (χ1n) is 6.75. The third kappa shape index (κ3) is 2.94. The van der Waals surface area contributed by atoms with Crippen LogP contribution >= 0.6 is 0 Å². The van der Waals surface area contributed by atoms with Crippen molar-refractivity contribution in [3.63, 3.8) is 0 Å². The molecule has 3 atom stereocenters. The molecule has 0 aliphatic carbocycles. The minimum absolute atomic E-state index is 0.0206. The van der Waals surface area contributed by atoms with Gasteiger partial charge in [0.1, 0.15) is 11.7 Å². The van der Waals surface area contributed by atoms with Crippen molar-refractivity contribution in [2.45, 2.75) is 63.8 Å². The van der Waals surface area contributed by atoms with Crippen molar-refractivity contribution >= 4 is 0 Å². The maximum atomic E-state index is 5.95. The summed E-state index contributed by atoms with van der Waals surface area (Å²) < 4.78 is 23.1. The van der Waals surface area contributed by atoms with Crippen LogP contribution in [-0.2, 0) is 18.9 Å². The van der Waals surface area contributed by atoms with Gasteiger partial charge < -0.3 is 18.9 Å². The Morgan fingerprint density at radius 1 is 1.33 bits per heavy atom. The van der Waals surface area contributed by atoms with Crippen LogP contribution in [-0.4, -0.2) is 37.0 Å². The molecule has 2 heterocycles. The summed E-state index contributed by atoms with van der Waals surface area (Å²) in [5.74, 6) is -0.550. The molecule has 0 aromatic carbocycles. The summed E-state index contributed by atoms with van der Waals surface area (Å²) in [7, 11) is 0. The molecule has 18 heavy (non-hydrogen) atoms. The second-order valence-corrected chi connectivity index (χ2v) is 5.54. The number of hydrogen-bond acceptors (Lipinski definition) is 4. The van der Waals surface area contributed by atoms with Gasteiger partial charge in [-0.05, 0) is 20.3 Å². The van der Waals surface area contributed by atoms with Crippen molar-refractivity contribution in [3.05, 3.63) is 12.7 Å². The summed E-state index contributed by atoms with van der Waals surface area (Å²) >= 11 is 0. The van der Waals surface area contributed by atoms with Gasteiger partial charge >= 0.3 is 0 Å². The molecule has 0 N–H and O–H groups in total. The summed E-state index contributed by atoms with van der Waals surface area (Å²) in [6, 6.07) is 0. The van der Waals surface area contributed by atoms with Gasteiger partial charge in [0.15, 0.2) is 12.1 Å². The zero-order chi connectivity index (χ0) is 13.2. The van der Waals surface area contributed by atoms with E-state index in [0.717, 1.165) is 25.9 Å². The van der Waals surface area contributed by atoms with Gasteiger partial charge in [-0.25, -0.2) is 0 Å². The van der Waals surface area contributed by atoms with Crippen LogP contribution in [0.4, 0.5) is 0 Å². The zero-order valence-electron chi connectivity index (χ0n) is 11.6. The second-order valence-electron chi connectivity index (χ2n) is 5.54. The Balaban J connectivity index is 1.87. The van der Waals surface area contributed by atoms with Gasteiger partial charge in [-0.2, -0.15) is 0 Å². The summed E-state index contributed by atoms with van der Waals surface area (Å²) in [6.45, 7) is 11.1. The maximum Gasteiger partial charge on any atom is 0.188 e. The van der Waals surface area contributed by atoms with Gasteiger partial charge in [0, 0.05) is 13.0 Å². The van der Waals surface area contributed by atoms with Crippen LogP contribution in [0.1, 0.15) is 40.0 Å². The van der Waals surface area contributed by atoms with Gasteiger partial charge in [-0.15, -0.1) is 6.58 Å². The van der Waals surface area contributed by atoms with Gasteiger partial charge in [-0.3, -0.25) is 0 Å². The van der Waals surface area contributed by atoms with Gasteiger partial charge in [0.05, 0.1) is 6.61 Å². The number of fused-ring (bicyclic) bond motifs is 1. The topological polar surface area (TPSA) is 36.9 Å². The van der Waals surface area contributed by atoms with Crippen LogP contribution in [0.25, 0.3) is 0 Å². The molecule has 0 aromatic heterocycles. The van der Waals surface area contributed by atoms with Crippen LogP contribution in [0.5, 0.6) is 0 Å². The lowest BCUT2D eigenvalue weighted by Crippen LogP contribution is -2.35. The van der Waals surface area contributed by atoms with E-state index in [9.17, 15) is 0 Å². The first-order valence-corrected chi connectivity index (χ1v) is 6.75. The Labute approximate surface area is 109 Å². The SMILES string of the molecule is C=C[C@@]1(COCCCC)CC2OC(C)(C)O[C@H]2O1. The lowest BCUT2D eigenvalue weighted by atomic mass is 10.0. The number of unbranched alkanes of at least 4 members (excludes halogenated alkanes) is 1. The maximum absolute atomic E-state index is 5.95. The molecule has 0 radical (unpaired) electrons. The largest absolute Gasteiger partial charge is 0.378 e. The van der Waals surface area contributed by atoms with Gasteiger partial charge in [-0.1, -0.05) is 19.4 Å². The van der Waals surface area contributed by atoms with Crippen LogP contribution in [0, 0.1) is 0 Å². The normalized spacial score (nSPS) is 37.7. The molecule has 2 fully saturated rings. The fourth-order valence-electron chi connectivity index (χ4n) is 2.44. The van der Waals surface area contributed by atoms with Crippen LogP contribution in [0.3, 0.4) is 0 Å². The van der Waals surface area contributed by atoms with E-state index < -0.39 is 11.4 Å².